The summed E-state index contributed by atoms with van der Waals surface area (Å²) in [6, 6.07) is 2.14. The number of aliphatic carboxylic acids is 2. The average Bonchev–Trinajstić information content (AvgIpc) is 3.18. The number of amides is 3. The molecule has 2 aromatic rings. The van der Waals surface area contributed by atoms with E-state index in [4.69, 9.17) is 10.8 Å². The SMILES string of the molecule is CC(N)C(=O)NC(CC(=O)O)C(=O)NC(Cc1c[nH]c2ccccc12)C(=O)NC(CS)C(=O)O. The largest absolute Gasteiger partial charge is 0.481 e. The van der Waals surface area contributed by atoms with Crippen LogP contribution in [0, 0.1) is 0 Å². The molecule has 8 N–H and O–H groups in total. The number of aromatic nitrogens is 1. The second kappa shape index (κ2) is 12.0. The Labute approximate surface area is 200 Å². The van der Waals surface area contributed by atoms with Crippen LogP contribution in [0.5, 0.6) is 0 Å². The monoisotopic (exact) mass is 493 g/mol. The predicted molar refractivity (Wildman–Crippen MR) is 125 cm³/mol. The van der Waals surface area contributed by atoms with Gasteiger partial charge in [-0.25, -0.2) is 4.79 Å². The Bertz CT molecular complexity index is 1070. The number of carboxylic acids is 2. The Balaban J connectivity index is 2.31. The third-order valence-electron chi connectivity index (χ3n) is 4.95. The number of nitrogens with two attached hydrogens (primary N) is 1. The van der Waals surface area contributed by atoms with Crippen molar-refractivity contribution in [1.82, 2.24) is 20.9 Å². The van der Waals surface area contributed by atoms with Crippen LogP contribution in [0.25, 0.3) is 10.9 Å². The lowest BCUT2D eigenvalue weighted by molar-refractivity contribution is -0.142. The highest BCUT2D eigenvalue weighted by Crippen LogP contribution is 2.19. The van der Waals surface area contributed by atoms with Gasteiger partial charge in [-0.15, -0.1) is 0 Å². The number of nitrogens with one attached hydrogen (secondary N) is 4. The maximum absolute atomic E-state index is 12.9. The summed E-state index contributed by atoms with van der Waals surface area (Å²) >= 11 is 3.92. The minimum absolute atomic E-state index is 0.0402. The van der Waals surface area contributed by atoms with Gasteiger partial charge in [0.1, 0.15) is 18.1 Å². The minimum atomic E-state index is -1.51. The smallest absolute Gasteiger partial charge is 0.327 e. The van der Waals surface area contributed by atoms with E-state index in [2.05, 4.69) is 33.6 Å². The number of thiol groups is 1. The van der Waals surface area contributed by atoms with Crippen LogP contribution >= 0.6 is 12.6 Å². The number of benzene rings is 1. The van der Waals surface area contributed by atoms with Crippen molar-refractivity contribution >= 4 is 53.2 Å². The number of hydrogen-bond acceptors (Lipinski definition) is 7. The summed E-state index contributed by atoms with van der Waals surface area (Å²) in [5.74, 6) is -5.36. The van der Waals surface area contributed by atoms with Crippen LogP contribution in [0.3, 0.4) is 0 Å². The maximum atomic E-state index is 12.9. The van der Waals surface area contributed by atoms with Crippen molar-refractivity contribution in [2.45, 2.75) is 43.9 Å². The zero-order valence-corrected chi connectivity index (χ0v) is 19.2. The van der Waals surface area contributed by atoms with Crippen LogP contribution in [0.15, 0.2) is 30.5 Å². The zero-order valence-electron chi connectivity index (χ0n) is 18.3. The quantitative estimate of drug-likeness (QED) is 0.172. The number of carbonyl (C=O) groups excluding carboxylic acids is 3. The first-order valence-electron chi connectivity index (χ1n) is 10.3. The van der Waals surface area contributed by atoms with Crippen LogP contribution in [0.1, 0.15) is 18.9 Å². The first-order chi connectivity index (χ1) is 16.0. The molecule has 1 heterocycles. The third kappa shape index (κ3) is 7.22. The topological polar surface area (TPSA) is 204 Å². The van der Waals surface area contributed by atoms with Gasteiger partial charge in [0.15, 0.2) is 0 Å². The number of aromatic amines is 1. The minimum Gasteiger partial charge on any atom is -0.481 e. The van der Waals surface area contributed by atoms with Gasteiger partial charge in [0.25, 0.3) is 0 Å². The standard InChI is InChI=1S/C21H27N5O7S/c1-10(22)18(29)24-15(7-17(27)28)20(31)25-14(19(30)26-16(9-34)21(32)33)6-11-8-23-13-5-3-2-4-12(11)13/h2-5,8,10,14-16,23,34H,6-7,9,22H2,1H3,(H,24,29)(H,25,31)(H,26,30)(H,27,28)(H,32,33). The van der Waals surface area contributed by atoms with E-state index in [1.165, 1.54) is 6.92 Å². The summed E-state index contributed by atoms with van der Waals surface area (Å²) in [5.41, 5.74) is 6.93. The van der Waals surface area contributed by atoms with E-state index in [9.17, 15) is 29.1 Å². The van der Waals surface area contributed by atoms with Crippen molar-refractivity contribution < 1.29 is 34.2 Å². The molecule has 0 saturated carbocycles. The Morgan fingerprint density at radius 3 is 2.15 bits per heavy atom. The van der Waals surface area contributed by atoms with Gasteiger partial charge in [-0.3, -0.25) is 19.2 Å². The molecule has 12 nitrogen and oxygen atoms in total. The molecule has 0 aliphatic heterocycles. The first-order valence-corrected chi connectivity index (χ1v) is 10.9. The normalized spacial score (nSPS) is 14.4. The number of fused-ring (bicyclic) bond motifs is 1. The van der Waals surface area contributed by atoms with E-state index >= 15 is 0 Å². The molecule has 1 aromatic carbocycles. The van der Waals surface area contributed by atoms with Gasteiger partial charge >= 0.3 is 11.9 Å². The summed E-state index contributed by atoms with van der Waals surface area (Å²) in [7, 11) is 0. The average molecular weight is 494 g/mol. The number of rotatable bonds is 12. The van der Waals surface area contributed by atoms with Crippen molar-refractivity contribution in [3.05, 3.63) is 36.0 Å². The zero-order chi connectivity index (χ0) is 25.4. The van der Waals surface area contributed by atoms with E-state index in [-0.39, 0.29) is 12.2 Å². The van der Waals surface area contributed by atoms with Gasteiger partial charge in [0.2, 0.25) is 17.7 Å². The molecule has 34 heavy (non-hydrogen) atoms. The van der Waals surface area contributed by atoms with E-state index in [1.807, 2.05) is 18.2 Å². The second-order valence-corrected chi connectivity index (χ2v) is 8.02. The summed E-state index contributed by atoms with van der Waals surface area (Å²) in [4.78, 5) is 63.4. The van der Waals surface area contributed by atoms with E-state index in [0.29, 0.717) is 5.56 Å². The van der Waals surface area contributed by atoms with Crippen molar-refractivity contribution in [3.8, 4) is 0 Å². The molecule has 13 heteroatoms. The molecule has 3 amide bonds. The van der Waals surface area contributed by atoms with Crippen LogP contribution in [-0.4, -0.2) is 74.8 Å². The molecule has 0 spiro atoms. The maximum Gasteiger partial charge on any atom is 0.327 e. The molecule has 1 aromatic heterocycles. The molecule has 2 rings (SSSR count). The lowest BCUT2D eigenvalue weighted by Crippen LogP contribution is -2.58. The van der Waals surface area contributed by atoms with Gasteiger partial charge in [-0.1, -0.05) is 18.2 Å². The predicted octanol–water partition coefficient (Wildman–Crippen LogP) is -0.999. The highest BCUT2D eigenvalue weighted by molar-refractivity contribution is 7.80. The van der Waals surface area contributed by atoms with E-state index in [0.717, 1.165) is 10.9 Å². The molecular weight excluding hydrogens is 466 g/mol. The fourth-order valence-corrected chi connectivity index (χ4v) is 3.39. The third-order valence-corrected chi connectivity index (χ3v) is 5.32. The number of hydrogen-bond donors (Lipinski definition) is 8. The lowest BCUT2D eigenvalue weighted by Gasteiger charge is -2.24. The number of carboxylic acid groups (broad SMARTS) is 2. The molecule has 4 atom stereocenters. The molecule has 0 fully saturated rings. The van der Waals surface area contributed by atoms with Crippen molar-refractivity contribution in [2.75, 3.05) is 5.75 Å². The number of carbonyl (C=O) groups is 5. The molecule has 0 saturated heterocycles. The first kappa shape index (κ1) is 26.7. The molecule has 4 unspecified atom stereocenters. The van der Waals surface area contributed by atoms with Gasteiger partial charge in [-0.05, 0) is 18.6 Å². The fraction of sp³-hybridized carbons (Fsp3) is 0.381. The number of H-pyrrole nitrogens is 1. The van der Waals surface area contributed by atoms with Gasteiger partial charge in [0, 0.05) is 29.3 Å². The van der Waals surface area contributed by atoms with Gasteiger partial charge in [-0.2, -0.15) is 12.6 Å². The van der Waals surface area contributed by atoms with Crippen molar-refractivity contribution in [3.63, 3.8) is 0 Å². The number of para-hydroxylation sites is 1. The highest BCUT2D eigenvalue weighted by atomic mass is 32.1. The van der Waals surface area contributed by atoms with Gasteiger partial charge in [0.05, 0.1) is 12.5 Å². The second-order valence-electron chi connectivity index (χ2n) is 7.65. The van der Waals surface area contributed by atoms with Crippen LogP contribution in [0.4, 0.5) is 0 Å². The Kier molecular flexibility index (Phi) is 9.45. The molecular formula is C21H27N5O7S. The summed E-state index contributed by atoms with van der Waals surface area (Å²) in [6.07, 6.45) is 0.860. The lowest BCUT2D eigenvalue weighted by atomic mass is 10.0. The van der Waals surface area contributed by atoms with Crippen molar-refractivity contribution in [2.24, 2.45) is 5.73 Å². The molecule has 0 bridgehead atoms. The van der Waals surface area contributed by atoms with Crippen LogP contribution < -0.4 is 21.7 Å². The van der Waals surface area contributed by atoms with Crippen LogP contribution in [-0.2, 0) is 30.4 Å². The Hall–Kier alpha value is -3.58. The molecule has 0 aliphatic rings. The fourth-order valence-electron chi connectivity index (χ4n) is 3.15. The van der Waals surface area contributed by atoms with Gasteiger partial charge < -0.3 is 36.9 Å². The Morgan fingerprint density at radius 1 is 0.971 bits per heavy atom. The summed E-state index contributed by atoms with van der Waals surface area (Å²) in [5, 5.41) is 26.2. The molecule has 184 valence electrons. The summed E-state index contributed by atoms with van der Waals surface area (Å²) < 4.78 is 0. The molecule has 0 aliphatic carbocycles. The van der Waals surface area contributed by atoms with Crippen LogP contribution in [0.2, 0.25) is 0 Å². The molecule has 0 radical (unpaired) electrons. The highest BCUT2D eigenvalue weighted by Gasteiger charge is 2.31. The Morgan fingerprint density at radius 2 is 1.56 bits per heavy atom. The summed E-state index contributed by atoms with van der Waals surface area (Å²) in [6.45, 7) is 1.36. The van der Waals surface area contributed by atoms with E-state index in [1.54, 1.807) is 12.3 Å². The van der Waals surface area contributed by atoms with E-state index < -0.39 is 60.2 Å². The van der Waals surface area contributed by atoms with Crippen molar-refractivity contribution in [1.29, 1.82) is 0 Å².